The Kier molecular flexibility index (Phi) is 12.7. The Labute approximate surface area is 485 Å². The number of benzene rings is 15. The van der Waals surface area contributed by atoms with Crippen LogP contribution in [0.15, 0.2) is 267 Å². The van der Waals surface area contributed by atoms with Gasteiger partial charge in [0.15, 0.2) is 0 Å². The lowest BCUT2D eigenvalue weighted by atomic mass is 9.85. The molecular formula is C83H64. The fourth-order valence-electron chi connectivity index (χ4n) is 14.1. The first-order valence-corrected chi connectivity index (χ1v) is 29.3. The first-order valence-electron chi connectivity index (χ1n) is 29.3. The van der Waals surface area contributed by atoms with E-state index in [1.165, 1.54) is 174 Å². The van der Waals surface area contributed by atoms with Gasteiger partial charge in [-0.2, -0.15) is 0 Å². The molecule has 83 heavy (non-hydrogen) atoms. The minimum Gasteiger partial charge on any atom is -0.103 e. The third-order valence-electron chi connectivity index (χ3n) is 17.5. The van der Waals surface area contributed by atoms with E-state index in [1.807, 2.05) is 19.9 Å². The van der Waals surface area contributed by atoms with Crippen LogP contribution in [0.1, 0.15) is 41.5 Å². The van der Waals surface area contributed by atoms with E-state index >= 15 is 0 Å². The lowest BCUT2D eigenvalue weighted by Gasteiger charge is -2.18. The second-order valence-electron chi connectivity index (χ2n) is 22.5. The predicted molar refractivity (Wildman–Crippen MR) is 368 cm³/mol. The molecule has 0 saturated heterocycles. The van der Waals surface area contributed by atoms with Gasteiger partial charge in [-0.1, -0.05) is 260 Å². The molecule has 0 radical (unpaired) electrons. The summed E-state index contributed by atoms with van der Waals surface area (Å²) in [6.45, 7) is 12.0. The average Bonchev–Trinajstić information content (AvgIpc) is 2.29. The van der Waals surface area contributed by atoms with Crippen LogP contribution in [0.4, 0.5) is 0 Å². The number of hydrogen-bond acceptors (Lipinski definition) is 0. The van der Waals surface area contributed by atoms with Crippen LogP contribution in [0.2, 0.25) is 0 Å². The molecule has 0 unspecified atom stereocenters. The molecule has 0 heteroatoms. The molecule has 0 aliphatic heterocycles. The maximum Gasteiger partial charge on any atom is -0.00199 e. The van der Waals surface area contributed by atoms with Gasteiger partial charge in [0, 0.05) is 0 Å². The van der Waals surface area contributed by atoms with Crippen LogP contribution in [-0.4, -0.2) is 0 Å². The monoisotopic (exact) mass is 1060 g/mol. The average molecular weight is 1060 g/mol. The molecule has 0 fully saturated rings. The van der Waals surface area contributed by atoms with E-state index in [0.717, 1.165) is 12.3 Å². The highest BCUT2D eigenvalue weighted by Gasteiger charge is 2.23. The molecule has 0 bridgehead atoms. The molecule has 17 aromatic rings. The Morgan fingerprint density at radius 3 is 0.976 bits per heavy atom. The normalized spacial score (nSPS) is 11.7. The molecule has 0 aliphatic rings. The zero-order valence-corrected chi connectivity index (χ0v) is 46.8. The summed E-state index contributed by atoms with van der Waals surface area (Å²) in [5.41, 5.74) is 10.1. The van der Waals surface area contributed by atoms with Crippen molar-refractivity contribution in [1.82, 2.24) is 0 Å². The summed E-state index contributed by atoms with van der Waals surface area (Å²) in [7, 11) is 0. The van der Waals surface area contributed by atoms with Gasteiger partial charge >= 0.3 is 0 Å². The fourth-order valence-corrected chi connectivity index (χ4v) is 14.1. The first-order chi connectivity index (χ1) is 40.5. The number of rotatable bonds is 6. The Bertz CT molecular complexity index is 5240. The highest BCUT2D eigenvalue weighted by Crippen LogP contribution is 2.51. The first kappa shape index (κ1) is 51.3. The van der Waals surface area contributed by atoms with Crippen LogP contribution in [0.25, 0.3) is 174 Å². The molecule has 0 aromatic heterocycles. The van der Waals surface area contributed by atoms with Crippen LogP contribution in [0.3, 0.4) is 0 Å². The molecule has 0 spiro atoms. The summed E-state index contributed by atoms with van der Waals surface area (Å²) in [5, 5.41) is 31.2. The van der Waals surface area contributed by atoms with E-state index in [-0.39, 0.29) is 7.43 Å². The maximum absolute atomic E-state index is 3.60. The van der Waals surface area contributed by atoms with E-state index < -0.39 is 0 Å². The highest BCUT2D eigenvalue weighted by atomic mass is 14.3. The van der Waals surface area contributed by atoms with Crippen molar-refractivity contribution in [3.63, 3.8) is 0 Å². The van der Waals surface area contributed by atoms with Crippen molar-refractivity contribution in [1.29, 1.82) is 0 Å². The molecule has 17 aromatic carbocycles. The van der Waals surface area contributed by atoms with Crippen LogP contribution in [0.5, 0.6) is 0 Å². The molecule has 17 rings (SSSR count). The predicted octanol–water partition coefficient (Wildman–Crippen LogP) is 24.9. The zero-order valence-electron chi connectivity index (χ0n) is 46.8. The van der Waals surface area contributed by atoms with Gasteiger partial charge in [-0.25, -0.2) is 0 Å². The maximum atomic E-state index is 3.60. The van der Waals surface area contributed by atoms with Crippen molar-refractivity contribution in [2.24, 2.45) is 5.92 Å². The molecule has 0 nitrogen and oxygen atoms in total. The van der Waals surface area contributed by atoms with Gasteiger partial charge in [0.05, 0.1) is 0 Å². The van der Waals surface area contributed by atoms with Gasteiger partial charge < -0.3 is 0 Å². The number of hydrogen-bond donors (Lipinski definition) is 0. The van der Waals surface area contributed by atoms with Gasteiger partial charge in [0.2, 0.25) is 0 Å². The van der Waals surface area contributed by atoms with Gasteiger partial charge in [-0.3, -0.25) is 0 Å². The fraction of sp³-hybridized carbons (Fsp3) is 0.0843. The Morgan fingerprint density at radius 1 is 0.265 bits per heavy atom. The van der Waals surface area contributed by atoms with E-state index in [0.29, 0.717) is 0 Å². The smallest absolute Gasteiger partial charge is 0.00199 e. The van der Waals surface area contributed by atoms with E-state index in [2.05, 4.69) is 275 Å². The second kappa shape index (κ2) is 20.6. The SMILES string of the molecule is C.C=CCC(C)C.CC.c1ccc(-c2c3ccccc3c(-c3ccc4cc5c(cc4c3)c3cccc4c6cc7c8ccc(-c9c%10ccccc%10c(-c%10ccccc%10)c%10ccccc9%10)cc8c8cccc(c6cc5c34)c87)c3ccccc23)cc1. The summed E-state index contributed by atoms with van der Waals surface area (Å²) in [4.78, 5) is 0. The lowest BCUT2D eigenvalue weighted by molar-refractivity contribution is 0.664. The second-order valence-corrected chi connectivity index (χ2v) is 22.5. The van der Waals surface area contributed by atoms with Crippen LogP contribution in [0, 0.1) is 5.92 Å². The summed E-state index contributed by atoms with van der Waals surface area (Å²) >= 11 is 0. The van der Waals surface area contributed by atoms with Crippen molar-refractivity contribution < 1.29 is 0 Å². The summed E-state index contributed by atoms with van der Waals surface area (Å²) in [6, 6.07) is 96.0. The standard InChI is InChI=1S/C74H42.C6H12.C2H6.CH4/c1-3-17-43(18-4-1)69-50-21-7-11-25-54(50)71(55-26-12-8-22-51(55)69)46-34-33-45-38-64-63(40-48(45)37-46)59-30-16-32-61-65-41-67-49-36-35-47(39-62(49)58-29-15-31-60(73(58)67)66(65)42-68(64)74(59)61)72-56-27-13-9-23-52(56)70(44-19-5-2-6-20-44)53-24-10-14-28-57(53)72;1-4-5-6(2)3;1-2;/h1-42H;4,6H,1,5H2,2-3H3;1-2H3;1H4. The van der Waals surface area contributed by atoms with E-state index in [9.17, 15) is 0 Å². The third-order valence-corrected chi connectivity index (χ3v) is 17.5. The van der Waals surface area contributed by atoms with Crippen LogP contribution < -0.4 is 0 Å². The van der Waals surface area contributed by atoms with E-state index in [4.69, 9.17) is 0 Å². The molecule has 0 saturated carbocycles. The molecule has 0 heterocycles. The van der Waals surface area contributed by atoms with Gasteiger partial charge in [0.25, 0.3) is 0 Å². The van der Waals surface area contributed by atoms with Crippen LogP contribution in [-0.2, 0) is 0 Å². The Morgan fingerprint density at radius 2 is 0.578 bits per heavy atom. The molecule has 0 N–H and O–H groups in total. The molecule has 0 aliphatic carbocycles. The highest BCUT2D eigenvalue weighted by molar-refractivity contribution is 6.42. The van der Waals surface area contributed by atoms with E-state index in [1.54, 1.807) is 0 Å². The lowest BCUT2D eigenvalue weighted by Crippen LogP contribution is -1.90. The number of allylic oxidation sites excluding steroid dienone is 1. The molecule has 396 valence electrons. The van der Waals surface area contributed by atoms with Crippen molar-refractivity contribution in [2.45, 2.75) is 41.5 Å². The zero-order chi connectivity index (χ0) is 55.2. The van der Waals surface area contributed by atoms with Crippen LogP contribution >= 0.6 is 0 Å². The van der Waals surface area contributed by atoms with Gasteiger partial charge in [-0.15, -0.1) is 6.58 Å². The van der Waals surface area contributed by atoms with Crippen molar-refractivity contribution in [2.75, 3.05) is 0 Å². The molecule has 0 atom stereocenters. The minimum atomic E-state index is 0. The Hall–Kier alpha value is -9.88. The topological polar surface area (TPSA) is 0 Å². The Balaban J connectivity index is 0.000000645. The number of fused-ring (bicyclic) bond motifs is 14. The largest absolute Gasteiger partial charge is 0.103 e. The quantitative estimate of drug-likeness (QED) is 0.0884. The van der Waals surface area contributed by atoms with Crippen molar-refractivity contribution >= 4 is 129 Å². The van der Waals surface area contributed by atoms with Crippen molar-refractivity contribution in [3.8, 4) is 44.5 Å². The summed E-state index contributed by atoms with van der Waals surface area (Å²) < 4.78 is 0. The summed E-state index contributed by atoms with van der Waals surface area (Å²) in [5.74, 6) is 0.780. The molecular weight excluding hydrogens is 997 g/mol. The van der Waals surface area contributed by atoms with Gasteiger partial charge in [-0.05, 0) is 223 Å². The van der Waals surface area contributed by atoms with Gasteiger partial charge in [0.1, 0.15) is 0 Å². The molecule has 0 amide bonds. The minimum absolute atomic E-state index is 0. The summed E-state index contributed by atoms with van der Waals surface area (Å²) in [6.07, 6.45) is 3.09. The third kappa shape index (κ3) is 7.96. The van der Waals surface area contributed by atoms with Crippen molar-refractivity contribution in [3.05, 3.63) is 267 Å².